The first-order valence-electron chi connectivity index (χ1n) is 11.1. The van der Waals surface area contributed by atoms with Crippen molar-refractivity contribution in [2.45, 2.75) is 32.4 Å². The highest BCUT2D eigenvalue weighted by Gasteiger charge is 2.25. The fraction of sp³-hybridized carbons (Fsp3) is 0.385. The van der Waals surface area contributed by atoms with Gasteiger partial charge in [-0.15, -0.1) is 0 Å². The maximum atomic E-state index is 12.7. The van der Waals surface area contributed by atoms with Crippen molar-refractivity contribution < 1.29 is 19.4 Å². The number of carbonyl (C=O) groups is 2. The molecule has 2 amide bonds. The topological polar surface area (TPSA) is 70.1 Å². The van der Waals surface area contributed by atoms with E-state index >= 15 is 0 Å². The molecule has 0 unspecified atom stereocenters. The minimum atomic E-state index is -0.152. The third kappa shape index (κ3) is 6.05. The van der Waals surface area contributed by atoms with Gasteiger partial charge in [-0.2, -0.15) is 0 Å². The lowest BCUT2D eigenvalue weighted by molar-refractivity contribution is -0.131. The zero-order valence-electron chi connectivity index (χ0n) is 18.8. The number of hydrogen-bond acceptors (Lipinski definition) is 4. The minimum absolute atomic E-state index is 0.0242. The molecule has 1 fully saturated rings. The molecule has 2 aromatic carbocycles. The van der Waals surface area contributed by atoms with Gasteiger partial charge in [-0.1, -0.05) is 61.5 Å². The standard InChI is InChI=1S/C26H32N2O4/c1-20(26(32-2)22-11-13-23(14-12-22)28-16-15-25(28)31)7-6-10-24(30)27(17-18-29)19-21-8-4-3-5-9-21/h3-9,11-14,20,26,29H,10,15-19H2,1-2H3/b7-6+/t20-,26+/m0/s1. The molecule has 3 rings (SSSR count). The lowest BCUT2D eigenvalue weighted by atomic mass is 9.96. The summed E-state index contributed by atoms with van der Waals surface area (Å²) in [6, 6.07) is 17.7. The summed E-state index contributed by atoms with van der Waals surface area (Å²) < 4.78 is 5.72. The van der Waals surface area contributed by atoms with Gasteiger partial charge in [0.15, 0.2) is 0 Å². The van der Waals surface area contributed by atoms with Gasteiger partial charge in [0.05, 0.1) is 12.7 Å². The van der Waals surface area contributed by atoms with Crippen LogP contribution in [0.5, 0.6) is 0 Å². The number of carbonyl (C=O) groups excluding carboxylic acids is 2. The van der Waals surface area contributed by atoms with E-state index in [9.17, 15) is 14.7 Å². The highest BCUT2D eigenvalue weighted by atomic mass is 16.5. The maximum absolute atomic E-state index is 12.7. The molecule has 1 heterocycles. The Morgan fingerprint density at radius 2 is 1.91 bits per heavy atom. The molecule has 1 aliphatic rings. The molecule has 1 N–H and O–H groups in total. The van der Waals surface area contributed by atoms with Crippen molar-refractivity contribution in [1.82, 2.24) is 4.90 Å². The molecule has 0 bridgehead atoms. The highest BCUT2D eigenvalue weighted by molar-refractivity contribution is 5.99. The van der Waals surface area contributed by atoms with Crippen LogP contribution in [0.4, 0.5) is 5.69 Å². The summed E-state index contributed by atoms with van der Waals surface area (Å²) in [5.74, 6) is 0.193. The van der Waals surface area contributed by atoms with Gasteiger partial charge in [-0.25, -0.2) is 0 Å². The average molecular weight is 437 g/mol. The van der Waals surface area contributed by atoms with Crippen LogP contribution in [0.25, 0.3) is 0 Å². The predicted molar refractivity (Wildman–Crippen MR) is 125 cm³/mol. The van der Waals surface area contributed by atoms with Crippen molar-refractivity contribution in [2.75, 3.05) is 31.7 Å². The van der Waals surface area contributed by atoms with Gasteiger partial charge in [0, 0.05) is 51.2 Å². The number of methoxy groups -OCH3 is 1. The molecule has 6 heteroatoms. The smallest absolute Gasteiger partial charge is 0.228 e. The fourth-order valence-corrected chi connectivity index (χ4v) is 3.92. The number of nitrogens with zero attached hydrogens (tertiary/aromatic N) is 2. The molecule has 0 spiro atoms. The maximum Gasteiger partial charge on any atom is 0.228 e. The number of β-lactam (4-membered cyclic amide) rings is 1. The van der Waals surface area contributed by atoms with Gasteiger partial charge < -0.3 is 19.6 Å². The normalized spacial score (nSPS) is 15.5. The second kappa shape index (κ2) is 11.6. The summed E-state index contributed by atoms with van der Waals surface area (Å²) in [6.45, 7) is 3.55. The Labute approximate surface area is 190 Å². The molecule has 6 nitrogen and oxygen atoms in total. The SMILES string of the molecule is CO[C@@H](c1ccc(N2CCC2=O)cc1)[C@@H](C)/C=C/CC(=O)N(CCO)Cc1ccccc1. The van der Waals surface area contributed by atoms with Crippen LogP contribution in [0.15, 0.2) is 66.7 Å². The molecule has 2 aromatic rings. The molecule has 2 atom stereocenters. The molecule has 170 valence electrons. The van der Waals surface area contributed by atoms with Crippen molar-refractivity contribution in [3.63, 3.8) is 0 Å². The Hall–Kier alpha value is -2.96. The molecular formula is C26H32N2O4. The van der Waals surface area contributed by atoms with E-state index in [0.29, 0.717) is 19.5 Å². The summed E-state index contributed by atoms with van der Waals surface area (Å²) >= 11 is 0. The molecule has 32 heavy (non-hydrogen) atoms. The predicted octanol–water partition coefficient (Wildman–Crippen LogP) is 3.71. The Morgan fingerprint density at radius 1 is 1.19 bits per heavy atom. The van der Waals surface area contributed by atoms with E-state index in [2.05, 4.69) is 6.92 Å². The van der Waals surface area contributed by atoms with Crippen LogP contribution >= 0.6 is 0 Å². The summed E-state index contributed by atoms with van der Waals surface area (Å²) in [5.41, 5.74) is 2.98. The van der Waals surface area contributed by atoms with Gasteiger partial charge in [0.25, 0.3) is 0 Å². The largest absolute Gasteiger partial charge is 0.395 e. The van der Waals surface area contributed by atoms with Crippen LogP contribution in [0, 0.1) is 5.92 Å². The van der Waals surface area contributed by atoms with Crippen LogP contribution in [-0.2, 0) is 20.9 Å². The molecule has 0 aromatic heterocycles. The molecular weight excluding hydrogens is 404 g/mol. The Bertz CT molecular complexity index is 911. The van der Waals surface area contributed by atoms with E-state index in [4.69, 9.17) is 4.74 Å². The second-order valence-electron chi connectivity index (χ2n) is 8.06. The van der Waals surface area contributed by atoms with Crippen molar-refractivity contribution in [1.29, 1.82) is 0 Å². The molecule has 0 saturated carbocycles. The van der Waals surface area contributed by atoms with Gasteiger partial charge in [-0.3, -0.25) is 9.59 Å². The Balaban J connectivity index is 1.57. The number of aliphatic hydroxyl groups is 1. The summed E-state index contributed by atoms with van der Waals surface area (Å²) in [4.78, 5) is 27.8. The van der Waals surface area contributed by atoms with E-state index in [0.717, 1.165) is 23.4 Å². The first-order valence-corrected chi connectivity index (χ1v) is 11.1. The van der Waals surface area contributed by atoms with Gasteiger partial charge in [0.1, 0.15) is 0 Å². The number of benzene rings is 2. The lowest BCUT2D eigenvalue weighted by Crippen LogP contribution is -2.43. The van der Waals surface area contributed by atoms with E-state index in [1.807, 2.05) is 66.7 Å². The van der Waals surface area contributed by atoms with Crippen LogP contribution in [0.2, 0.25) is 0 Å². The monoisotopic (exact) mass is 436 g/mol. The van der Waals surface area contributed by atoms with Crippen LogP contribution in [-0.4, -0.2) is 48.6 Å². The van der Waals surface area contributed by atoms with Crippen LogP contribution < -0.4 is 4.90 Å². The molecule has 1 aliphatic heterocycles. The Morgan fingerprint density at radius 3 is 2.47 bits per heavy atom. The fourth-order valence-electron chi connectivity index (χ4n) is 3.92. The summed E-state index contributed by atoms with van der Waals surface area (Å²) in [5, 5.41) is 9.35. The number of anilines is 1. The Kier molecular flexibility index (Phi) is 8.59. The number of rotatable bonds is 11. The van der Waals surface area contributed by atoms with Crippen molar-refractivity contribution >= 4 is 17.5 Å². The second-order valence-corrected chi connectivity index (χ2v) is 8.06. The highest BCUT2D eigenvalue weighted by Crippen LogP contribution is 2.29. The first kappa shape index (κ1) is 23.7. The number of ether oxygens (including phenoxy) is 1. The summed E-state index contributed by atoms with van der Waals surface area (Å²) in [6.07, 6.45) is 4.61. The van der Waals surface area contributed by atoms with Crippen molar-refractivity contribution in [3.05, 3.63) is 77.9 Å². The summed E-state index contributed by atoms with van der Waals surface area (Å²) in [7, 11) is 1.68. The van der Waals surface area contributed by atoms with Crippen LogP contribution in [0.1, 0.15) is 37.0 Å². The quantitative estimate of drug-likeness (QED) is 0.431. The lowest BCUT2D eigenvalue weighted by Gasteiger charge is -2.31. The third-order valence-electron chi connectivity index (χ3n) is 5.79. The molecule has 1 saturated heterocycles. The van der Waals surface area contributed by atoms with E-state index in [1.54, 1.807) is 16.9 Å². The van der Waals surface area contributed by atoms with E-state index < -0.39 is 0 Å². The van der Waals surface area contributed by atoms with E-state index in [-0.39, 0.29) is 36.9 Å². The average Bonchev–Trinajstić information content (AvgIpc) is 2.80. The molecule has 0 aliphatic carbocycles. The van der Waals surface area contributed by atoms with Crippen molar-refractivity contribution in [3.8, 4) is 0 Å². The van der Waals surface area contributed by atoms with Crippen LogP contribution in [0.3, 0.4) is 0 Å². The third-order valence-corrected chi connectivity index (χ3v) is 5.79. The number of amides is 2. The zero-order chi connectivity index (χ0) is 22.9. The van der Waals surface area contributed by atoms with Crippen molar-refractivity contribution in [2.24, 2.45) is 5.92 Å². The van der Waals surface area contributed by atoms with Gasteiger partial charge in [0.2, 0.25) is 11.8 Å². The number of hydrogen-bond donors (Lipinski definition) is 1. The number of aliphatic hydroxyl groups excluding tert-OH is 1. The van der Waals surface area contributed by atoms with Gasteiger partial charge in [-0.05, 0) is 23.3 Å². The minimum Gasteiger partial charge on any atom is -0.395 e. The van der Waals surface area contributed by atoms with Gasteiger partial charge >= 0.3 is 0 Å². The zero-order valence-corrected chi connectivity index (χ0v) is 18.8. The first-order chi connectivity index (χ1) is 15.5. The molecule has 0 radical (unpaired) electrons. The van der Waals surface area contributed by atoms with E-state index in [1.165, 1.54) is 0 Å².